The van der Waals surface area contributed by atoms with Gasteiger partial charge >= 0.3 is 6.03 Å². The van der Waals surface area contributed by atoms with E-state index in [1.165, 1.54) is 17.0 Å². The fraction of sp³-hybridized carbons (Fsp3) is 0.600. The highest BCUT2D eigenvalue weighted by molar-refractivity contribution is 5.96. The topological polar surface area (TPSA) is 65.9 Å². The normalized spacial score (nSPS) is 20.1. The number of nitrogens with zero attached hydrogens (tertiary/aromatic N) is 1. The number of hydrogen-bond donors (Lipinski definition) is 3. The molecule has 7 heteroatoms. The van der Waals surface area contributed by atoms with Gasteiger partial charge in [-0.2, -0.15) is 0 Å². The second kappa shape index (κ2) is 8.69. The number of anilines is 1. The van der Waals surface area contributed by atoms with Gasteiger partial charge in [0, 0.05) is 5.69 Å². The summed E-state index contributed by atoms with van der Waals surface area (Å²) in [5.74, 6) is -0.376. The summed E-state index contributed by atoms with van der Waals surface area (Å²) in [6.07, 6.45) is 4.24. The lowest BCUT2D eigenvalue weighted by atomic mass is 9.80. The number of benzene rings is 1. The summed E-state index contributed by atoms with van der Waals surface area (Å²) in [6, 6.07) is 5.32. The number of carbonyl (C=O) groups excluding carboxylic acids is 2. The van der Waals surface area contributed by atoms with E-state index < -0.39 is 17.4 Å². The maximum Gasteiger partial charge on any atom is 0.320 e. The van der Waals surface area contributed by atoms with Gasteiger partial charge < -0.3 is 20.4 Å². The second-order valence-corrected chi connectivity index (χ2v) is 7.63. The van der Waals surface area contributed by atoms with E-state index in [1.807, 2.05) is 4.90 Å². The number of piperazine rings is 1. The number of likely N-dealkylation sites (N-methyl/N-ethyl adjacent to an activating group) is 1. The van der Waals surface area contributed by atoms with Gasteiger partial charge in [-0.1, -0.05) is 25.3 Å². The second-order valence-electron chi connectivity index (χ2n) is 7.63. The van der Waals surface area contributed by atoms with E-state index in [2.05, 4.69) is 17.6 Å². The molecule has 0 radical (unpaired) electrons. The Morgan fingerprint density at radius 1 is 1.19 bits per heavy atom. The van der Waals surface area contributed by atoms with E-state index in [1.54, 1.807) is 12.1 Å². The molecule has 1 aliphatic heterocycles. The highest BCUT2D eigenvalue weighted by atomic mass is 19.1. The van der Waals surface area contributed by atoms with Crippen molar-refractivity contribution in [3.05, 3.63) is 30.1 Å². The summed E-state index contributed by atoms with van der Waals surface area (Å²) in [5, 5.41) is 5.62. The Morgan fingerprint density at radius 2 is 1.89 bits per heavy atom. The molecule has 1 aromatic carbocycles. The number of urea groups is 1. The van der Waals surface area contributed by atoms with Crippen molar-refractivity contribution in [2.24, 2.45) is 0 Å². The zero-order chi connectivity index (χ0) is 19.3. The molecule has 27 heavy (non-hydrogen) atoms. The van der Waals surface area contributed by atoms with Crippen LogP contribution in [0.4, 0.5) is 14.9 Å². The lowest BCUT2D eigenvalue weighted by Crippen LogP contribution is -3.14. The van der Waals surface area contributed by atoms with Crippen LogP contribution >= 0.6 is 0 Å². The van der Waals surface area contributed by atoms with Crippen molar-refractivity contribution in [3.63, 3.8) is 0 Å². The van der Waals surface area contributed by atoms with Gasteiger partial charge in [-0.3, -0.25) is 4.79 Å². The third-order valence-electron chi connectivity index (χ3n) is 5.81. The molecule has 3 N–H and O–H groups in total. The molecule has 1 saturated heterocycles. The van der Waals surface area contributed by atoms with Crippen LogP contribution in [0.5, 0.6) is 0 Å². The maximum absolute atomic E-state index is 13.3. The Morgan fingerprint density at radius 3 is 2.52 bits per heavy atom. The molecule has 3 rings (SSSR count). The Labute approximate surface area is 160 Å². The monoisotopic (exact) mass is 377 g/mol. The number of halogens is 1. The molecular weight excluding hydrogens is 347 g/mol. The quantitative estimate of drug-likeness (QED) is 0.743. The van der Waals surface area contributed by atoms with E-state index in [4.69, 9.17) is 0 Å². The molecule has 1 saturated carbocycles. The van der Waals surface area contributed by atoms with Gasteiger partial charge in [-0.05, 0) is 38.0 Å². The van der Waals surface area contributed by atoms with Gasteiger partial charge in [0.2, 0.25) is 5.91 Å². The summed E-state index contributed by atoms with van der Waals surface area (Å²) in [6.45, 7) is 6.60. The van der Waals surface area contributed by atoms with Crippen molar-refractivity contribution in [1.82, 2.24) is 10.2 Å². The first-order valence-corrected chi connectivity index (χ1v) is 10.00. The molecule has 2 fully saturated rings. The van der Waals surface area contributed by atoms with Crippen molar-refractivity contribution < 1.29 is 18.9 Å². The molecule has 0 aromatic heterocycles. The molecular formula is C20H30FN4O2+. The first-order valence-electron chi connectivity index (χ1n) is 10.00. The van der Waals surface area contributed by atoms with Crippen molar-refractivity contribution >= 4 is 17.6 Å². The first kappa shape index (κ1) is 19.6. The predicted octanol–water partition coefficient (Wildman–Crippen LogP) is 1.40. The van der Waals surface area contributed by atoms with Crippen LogP contribution in [0.3, 0.4) is 0 Å². The molecule has 1 aliphatic carbocycles. The molecule has 1 heterocycles. The minimum absolute atomic E-state index is 0.0340. The number of rotatable bonds is 4. The van der Waals surface area contributed by atoms with E-state index in [9.17, 15) is 14.0 Å². The van der Waals surface area contributed by atoms with Crippen molar-refractivity contribution in [2.45, 2.75) is 44.6 Å². The number of hydrogen-bond acceptors (Lipinski definition) is 2. The third kappa shape index (κ3) is 4.77. The van der Waals surface area contributed by atoms with Gasteiger partial charge in [0.05, 0.1) is 32.7 Å². The molecule has 0 atom stereocenters. The highest BCUT2D eigenvalue weighted by Crippen LogP contribution is 2.30. The summed E-state index contributed by atoms with van der Waals surface area (Å²) in [7, 11) is 0. The maximum atomic E-state index is 13.3. The lowest BCUT2D eigenvalue weighted by Gasteiger charge is -2.42. The Bertz CT molecular complexity index is 668. The predicted molar refractivity (Wildman–Crippen MR) is 102 cm³/mol. The number of nitrogens with one attached hydrogen (secondary N) is 3. The number of amides is 3. The summed E-state index contributed by atoms with van der Waals surface area (Å²) < 4.78 is 13.3. The average Bonchev–Trinajstić information content (AvgIpc) is 2.68. The van der Waals surface area contributed by atoms with Crippen LogP contribution in [-0.4, -0.2) is 55.1 Å². The summed E-state index contributed by atoms with van der Waals surface area (Å²) >= 11 is 0. The molecule has 3 amide bonds. The van der Waals surface area contributed by atoms with Crippen LogP contribution in [-0.2, 0) is 4.79 Å². The Kier molecular flexibility index (Phi) is 6.31. The van der Waals surface area contributed by atoms with Crippen LogP contribution in [0.15, 0.2) is 24.3 Å². The minimum Gasteiger partial charge on any atom is -0.332 e. The molecule has 1 aromatic rings. The van der Waals surface area contributed by atoms with Gasteiger partial charge in [0.15, 0.2) is 0 Å². The molecule has 0 unspecified atom stereocenters. The molecule has 148 valence electrons. The van der Waals surface area contributed by atoms with E-state index in [-0.39, 0.29) is 5.91 Å². The number of quaternary nitrogens is 1. The van der Waals surface area contributed by atoms with Crippen LogP contribution in [0.2, 0.25) is 0 Å². The standard InChI is InChI=1S/C20H29FN4O2/c1-2-24-11-13-25(14-12-24)18(26)20(9-4-3-5-10-20)23-19(27)22-17-8-6-7-16(21)15-17/h6-8,15H,2-5,9-14H2,1H3,(H2,22,23,27)/p+1. The molecule has 6 nitrogen and oxygen atoms in total. The van der Waals surface area contributed by atoms with Gasteiger partial charge in [0.1, 0.15) is 11.4 Å². The van der Waals surface area contributed by atoms with Crippen LogP contribution in [0, 0.1) is 5.82 Å². The van der Waals surface area contributed by atoms with Crippen molar-refractivity contribution in [1.29, 1.82) is 0 Å². The number of carbonyl (C=O) groups is 2. The van der Waals surface area contributed by atoms with Crippen LogP contribution in [0.1, 0.15) is 39.0 Å². The zero-order valence-electron chi connectivity index (χ0n) is 16.0. The molecule has 0 bridgehead atoms. The van der Waals surface area contributed by atoms with Gasteiger partial charge in [-0.25, -0.2) is 9.18 Å². The van der Waals surface area contributed by atoms with Gasteiger partial charge in [-0.15, -0.1) is 0 Å². The van der Waals surface area contributed by atoms with Crippen LogP contribution < -0.4 is 15.5 Å². The minimum atomic E-state index is -0.848. The largest absolute Gasteiger partial charge is 0.332 e. The zero-order valence-corrected chi connectivity index (χ0v) is 16.0. The van der Waals surface area contributed by atoms with Gasteiger partial charge in [0.25, 0.3) is 0 Å². The first-order chi connectivity index (χ1) is 13.0. The molecule has 2 aliphatic rings. The van der Waals surface area contributed by atoms with Crippen molar-refractivity contribution in [2.75, 3.05) is 38.0 Å². The van der Waals surface area contributed by atoms with E-state index >= 15 is 0 Å². The lowest BCUT2D eigenvalue weighted by molar-refractivity contribution is -0.902. The van der Waals surface area contributed by atoms with E-state index in [0.29, 0.717) is 18.5 Å². The summed E-state index contributed by atoms with van der Waals surface area (Å²) in [5.41, 5.74) is -0.467. The highest BCUT2D eigenvalue weighted by Gasteiger charge is 2.44. The van der Waals surface area contributed by atoms with Crippen LogP contribution in [0.25, 0.3) is 0 Å². The Balaban J connectivity index is 1.68. The fourth-order valence-corrected chi connectivity index (χ4v) is 4.18. The van der Waals surface area contributed by atoms with E-state index in [0.717, 1.165) is 52.0 Å². The van der Waals surface area contributed by atoms with Crippen molar-refractivity contribution in [3.8, 4) is 0 Å². The molecule has 0 spiro atoms. The SMILES string of the molecule is CC[NH+]1CCN(C(=O)C2(NC(=O)Nc3cccc(F)c3)CCCCC2)CC1. The average molecular weight is 377 g/mol. The third-order valence-corrected chi connectivity index (χ3v) is 5.81. The summed E-state index contributed by atoms with van der Waals surface area (Å²) in [4.78, 5) is 29.3. The Hall–Kier alpha value is -2.15. The fourth-order valence-electron chi connectivity index (χ4n) is 4.18. The smallest absolute Gasteiger partial charge is 0.320 e.